The van der Waals surface area contributed by atoms with E-state index in [1.807, 2.05) is 0 Å². The summed E-state index contributed by atoms with van der Waals surface area (Å²) in [4.78, 5) is 0. The van der Waals surface area contributed by atoms with Crippen molar-refractivity contribution in [2.45, 2.75) is 127 Å². The summed E-state index contributed by atoms with van der Waals surface area (Å²) in [6.07, 6.45) is 17.6. The van der Waals surface area contributed by atoms with E-state index in [-0.39, 0.29) is 24.4 Å². The van der Waals surface area contributed by atoms with Crippen molar-refractivity contribution in [3.05, 3.63) is 0 Å². The first-order valence-electron chi connectivity index (χ1n) is 12.7. The van der Waals surface area contributed by atoms with Crippen molar-refractivity contribution in [3.63, 3.8) is 0 Å². The van der Waals surface area contributed by atoms with Crippen LogP contribution in [0.3, 0.4) is 0 Å². The predicted octanol–water partition coefficient (Wildman–Crippen LogP) is 3.79. The maximum Gasteiger partial charge on any atom is 0.0540 e. The lowest BCUT2D eigenvalue weighted by Crippen LogP contribution is -2.28. The van der Waals surface area contributed by atoms with Crippen molar-refractivity contribution < 1.29 is 25.5 Å². The summed E-state index contributed by atoms with van der Waals surface area (Å²) in [6.45, 7) is 0. The molecule has 178 valence electrons. The Labute approximate surface area is 183 Å². The van der Waals surface area contributed by atoms with Crippen LogP contribution in [0.4, 0.5) is 0 Å². The number of aliphatic hydroxyl groups is 5. The topological polar surface area (TPSA) is 101 Å². The summed E-state index contributed by atoms with van der Waals surface area (Å²) < 4.78 is 0. The fourth-order valence-corrected chi connectivity index (χ4v) is 6.29. The molecule has 0 saturated heterocycles. The van der Waals surface area contributed by atoms with E-state index >= 15 is 0 Å². The minimum atomic E-state index is -0.0274. The van der Waals surface area contributed by atoms with Gasteiger partial charge in [0.15, 0.2) is 0 Å². The van der Waals surface area contributed by atoms with Crippen molar-refractivity contribution in [3.8, 4) is 0 Å². The van der Waals surface area contributed by atoms with Crippen LogP contribution in [0.15, 0.2) is 0 Å². The van der Waals surface area contributed by atoms with E-state index in [0.29, 0.717) is 0 Å². The van der Waals surface area contributed by atoms with Crippen LogP contribution in [0.2, 0.25) is 0 Å². The highest BCUT2D eigenvalue weighted by molar-refractivity contribution is 4.82. The fraction of sp³-hybridized carbons (Fsp3) is 1.00. The zero-order chi connectivity index (χ0) is 21.9. The van der Waals surface area contributed by atoms with Crippen LogP contribution in [0.5, 0.6) is 0 Å². The molecule has 0 heterocycles. The van der Waals surface area contributed by atoms with E-state index in [1.54, 1.807) is 0 Å². The minimum absolute atomic E-state index is 0.0274. The summed E-state index contributed by atoms with van der Waals surface area (Å²) in [5.74, 6) is 3.36. The molecule has 4 saturated carbocycles. The Bertz CT molecular complexity index is 333. The molecule has 4 rings (SSSR count). The quantitative estimate of drug-likeness (QED) is 0.461. The SMILES string of the molecule is CO.OC1CCC(C2CCC(O)CC2)CC1.OC1CCC(C2CCC(O)CC2)CC1. The first kappa shape index (κ1) is 26.1. The van der Waals surface area contributed by atoms with E-state index in [2.05, 4.69) is 0 Å². The Balaban J connectivity index is 0.000000197. The second-order valence-corrected chi connectivity index (χ2v) is 10.3. The van der Waals surface area contributed by atoms with E-state index in [4.69, 9.17) is 5.11 Å². The van der Waals surface area contributed by atoms with E-state index in [1.165, 1.54) is 51.4 Å². The molecule has 0 aromatic carbocycles. The van der Waals surface area contributed by atoms with E-state index < -0.39 is 0 Å². The molecule has 30 heavy (non-hydrogen) atoms. The molecule has 0 aliphatic heterocycles. The Kier molecular flexibility index (Phi) is 12.2. The lowest BCUT2D eigenvalue weighted by molar-refractivity contribution is 0.0543. The number of rotatable bonds is 2. The lowest BCUT2D eigenvalue weighted by atomic mass is 9.72. The fourth-order valence-electron chi connectivity index (χ4n) is 6.29. The van der Waals surface area contributed by atoms with Crippen molar-refractivity contribution in [1.29, 1.82) is 0 Å². The van der Waals surface area contributed by atoms with Gasteiger partial charge in [0.1, 0.15) is 0 Å². The van der Waals surface area contributed by atoms with Gasteiger partial charge in [-0.25, -0.2) is 0 Å². The monoisotopic (exact) mass is 428 g/mol. The van der Waals surface area contributed by atoms with Crippen molar-refractivity contribution in [1.82, 2.24) is 0 Å². The normalized spacial score (nSPS) is 42.2. The summed E-state index contributed by atoms with van der Waals surface area (Å²) in [5, 5.41) is 44.7. The molecular weight excluding hydrogens is 380 g/mol. The molecule has 0 aromatic rings. The third kappa shape index (κ3) is 8.74. The summed E-state index contributed by atoms with van der Waals surface area (Å²) in [5.41, 5.74) is 0. The van der Waals surface area contributed by atoms with Crippen LogP contribution in [0.25, 0.3) is 0 Å². The Morgan fingerprint density at radius 1 is 0.300 bits per heavy atom. The summed E-state index contributed by atoms with van der Waals surface area (Å²) in [7, 11) is 1.00. The molecule has 0 aromatic heterocycles. The number of aliphatic hydroxyl groups excluding tert-OH is 5. The highest BCUT2D eigenvalue weighted by Gasteiger charge is 2.30. The Morgan fingerprint density at radius 2 is 0.433 bits per heavy atom. The van der Waals surface area contributed by atoms with E-state index in [0.717, 1.165) is 82.1 Å². The van der Waals surface area contributed by atoms with Gasteiger partial charge in [0.2, 0.25) is 0 Å². The molecular formula is C25H48O5. The smallest absolute Gasteiger partial charge is 0.0540 e. The van der Waals surface area contributed by atoms with Crippen molar-refractivity contribution in [2.75, 3.05) is 7.11 Å². The van der Waals surface area contributed by atoms with Gasteiger partial charge in [-0.2, -0.15) is 0 Å². The molecule has 0 spiro atoms. The second-order valence-electron chi connectivity index (χ2n) is 10.3. The van der Waals surface area contributed by atoms with Gasteiger partial charge in [-0.1, -0.05) is 0 Å². The molecule has 0 atom stereocenters. The van der Waals surface area contributed by atoms with Gasteiger partial charge in [-0.05, 0) is 126 Å². The molecule has 0 radical (unpaired) electrons. The van der Waals surface area contributed by atoms with Gasteiger partial charge >= 0.3 is 0 Å². The highest BCUT2D eigenvalue weighted by Crippen LogP contribution is 2.39. The molecule has 5 N–H and O–H groups in total. The van der Waals surface area contributed by atoms with Crippen molar-refractivity contribution in [2.24, 2.45) is 23.7 Å². The number of hydrogen-bond acceptors (Lipinski definition) is 5. The average Bonchev–Trinajstić information content (AvgIpc) is 2.78. The standard InChI is InChI=1S/2C12H22O2.CH4O/c2*13-11-5-1-9(2-6-11)10-3-7-12(14)8-4-10;1-2/h2*9-14H,1-8H2;2H,1H3. The third-order valence-electron chi connectivity index (χ3n) is 8.30. The molecule has 0 unspecified atom stereocenters. The van der Waals surface area contributed by atoms with Crippen LogP contribution < -0.4 is 0 Å². The van der Waals surface area contributed by atoms with Crippen LogP contribution in [0, 0.1) is 23.7 Å². The molecule has 0 amide bonds. The molecule has 0 bridgehead atoms. The largest absolute Gasteiger partial charge is 0.400 e. The zero-order valence-electron chi connectivity index (χ0n) is 19.2. The lowest BCUT2D eigenvalue weighted by Gasteiger charge is -2.35. The Morgan fingerprint density at radius 3 is 0.567 bits per heavy atom. The summed E-state index contributed by atoms with van der Waals surface area (Å²) in [6, 6.07) is 0. The highest BCUT2D eigenvalue weighted by atomic mass is 16.3. The zero-order valence-corrected chi connectivity index (χ0v) is 19.2. The molecule has 4 aliphatic carbocycles. The van der Waals surface area contributed by atoms with Gasteiger partial charge in [0.05, 0.1) is 24.4 Å². The van der Waals surface area contributed by atoms with Crippen LogP contribution in [-0.2, 0) is 0 Å². The molecule has 4 fully saturated rings. The van der Waals surface area contributed by atoms with Crippen LogP contribution in [-0.4, -0.2) is 57.1 Å². The number of hydrogen-bond donors (Lipinski definition) is 5. The van der Waals surface area contributed by atoms with Crippen LogP contribution >= 0.6 is 0 Å². The average molecular weight is 429 g/mol. The van der Waals surface area contributed by atoms with Gasteiger partial charge in [-0.3, -0.25) is 0 Å². The first-order chi connectivity index (χ1) is 14.5. The van der Waals surface area contributed by atoms with E-state index in [9.17, 15) is 20.4 Å². The summed E-state index contributed by atoms with van der Waals surface area (Å²) >= 11 is 0. The second kappa shape index (κ2) is 14.1. The van der Waals surface area contributed by atoms with Crippen LogP contribution in [0.1, 0.15) is 103 Å². The molecule has 4 aliphatic rings. The maximum absolute atomic E-state index is 9.43. The van der Waals surface area contributed by atoms with Gasteiger partial charge < -0.3 is 25.5 Å². The maximum atomic E-state index is 9.43. The predicted molar refractivity (Wildman–Crippen MR) is 120 cm³/mol. The van der Waals surface area contributed by atoms with Gasteiger partial charge in [0.25, 0.3) is 0 Å². The van der Waals surface area contributed by atoms with Gasteiger partial charge in [-0.15, -0.1) is 0 Å². The van der Waals surface area contributed by atoms with Gasteiger partial charge in [0, 0.05) is 7.11 Å². The molecule has 5 heteroatoms. The Hall–Kier alpha value is -0.200. The first-order valence-corrected chi connectivity index (χ1v) is 12.7. The minimum Gasteiger partial charge on any atom is -0.400 e. The molecule has 5 nitrogen and oxygen atoms in total. The third-order valence-corrected chi connectivity index (χ3v) is 8.30. The van der Waals surface area contributed by atoms with Crippen molar-refractivity contribution >= 4 is 0 Å².